The maximum Gasteiger partial charge on any atom is 0.227 e. The van der Waals surface area contributed by atoms with Gasteiger partial charge in [-0.15, -0.1) is 11.3 Å². The number of aromatic hydroxyl groups is 1. The van der Waals surface area contributed by atoms with Gasteiger partial charge in [-0.3, -0.25) is 4.79 Å². The van der Waals surface area contributed by atoms with Gasteiger partial charge in [0.05, 0.1) is 24.2 Å². The van der Waals surface area contributed by atoms with Crippen LogP contribution in [0.15, 0.2) is 54.6 Å². The number of rotatable bonds is 5. The van der Waals surface area contributed by atoms with Crippen LogP contribution in [0.5, 0.6) is 11.6 Å². The van der Waals surface area contributed by atoms with E-state index < -0.39 is 0 Å². The molecule has 2 N–H and O–H groups in total. The van der Waals surface area contributed by atoms with E-state index in [0.29, 0.717) is 35.5 Å². The average molecular weight is 463 g/mol. The molecule has 0 aliphatic carbocycles. The second kappa shape index (κ2) is 8.41. The number of carbonyl (C=O) groups excluding carboxylic acids is 1. The molecule has 0 fully saturated rings. The molecule has 162 valence electrons. The van der Waals surface area contributed by atoms with Crippen molar-refractivity contribution < 1.29 is 14.6 Å². The maximum absolute atomic E-state index is 13.0. The minimum atomic E-state index is 0.0845. The number of H-pyrrole nitrogens is 1. The van der Waals surface area contributed by atoms with Crippen molar-refractivity contribution in [1.82, 2.24) is 4.98 Å². The number of hydrogen-bond donors (Lipinski definition) is 2. The van der Waals surface area contributed by atoms with Crippen molar-refractivity contribution in [3.63, 3.8) is 0 Å². The number of methoxy groups -OCH3 is 1. The molecular formula is C25H22N2O3S2. The summed E-state index contributed by atoms with van der Waals surface area (Å²) in [7, 11) is 1.63. The molecule has 1 aliphatic heterocycles. The SMILES string of the molecule is COc1ccc(Cc2sc(=S)[nH]c2O)c2c1N(Cc1ccc3ccccc3c1)C(=O)CC2. The van der Waals surface area contributed by atoms with E-state index in [-0.39, 0.29) is 11.8 Å². The summed E-state index contributed by atoms with van der Waals surface area (Å²) in [6.45, 7) is 0.477. The number of nitrogens with one attached hydrogen (secondary N) is 1. The number of ether oxygens (including phenoxy) is 1. The Labute approximate surface area is 194 Å². The highest BCUT2D eigenvalue weighted by Gasteiger charge is 2.30. The number of anilines is 1. The lowest BCUT2D eigenvalue weighted by atomic mass is 9.92. The minimum Gasteiger partial charge on any atom is -0.495 e. The Balaban J connectivity index is 1.56. The van der Waals surface area contributed by atoms with Gasteiger partial charge in [-0.1, -0.05) is 42.5 Å². The lowest BCUT2D eigenvalue weighted by Gasteiger charge is -2.32. The average Bonchev–Trinajstić information content (AvgIpc) is 3.12. The van der Waals surface area contributed by atoms with Crippen LogP contribution in [0.25, 0.3) is 10.8 Å². The van der Waals surface area contributed by atoms with Gasteiger partial charge in [0.25, 0.3) is 0 Å². The van der Waals surface area contributed by atoms with E-state index in [9.17, 15) is 9.90 Å². The van der Waals surface area contributed by atoms with E-state index in [1.807, 2.05) is 29.2 Å². The quantitative estimate of drug-likeness (QED) is 0.371. The van der Waals surface area contributed by atoms with Crippen molar-refractivity contribution in [2.75, 3.05) is 12.0 Å². The standard InChI is InChI=1S/C25H22N2O3S2/c1-30-20-10-8-18(13-21-24(29)26-25(31)32-21)19-9-11-22(28)27(23(19)20)14-15-6-7-16-4-2-3-5-17(16)12-15/h2-8,10,12,29H,9,11,13-14H2,1H3,(H,26,31). The number of benzene rings is 3. The summed E-state index contributed by atoms with van der Waals surface area (Å²) < 4.78 is 6.22. The van der Waals surface area contributed by atoms with Gasteiger partial charge in [-0.05, 0) is 58.2 Å². The molecule has 1 aromatic heterocycles. The van der Waals surface area contributed by atoms with Crippen molar-refractivity contribution >= 4 is 45.9 Å². The molecule has 7 heteroatoms. The number of aromatic nitrogens is 1. The van der Waals surface area contributed by atoms with Crippen molar-refractivity contribution in [2.24, 2.45) is 0 Å². The largest absolute Gasteiger partial charge is 0.495 e. The zero-order valence-electron chi connectivity index (χ0n) is 17.6. The maximum atomic E-state index is 13.0. The Morgan fingerprint density at radius 2 is 1.94 bits per heavy atom. The summed E-state index contributed by atoms with van der Waals surface area (Å²) in [4.78, 5) is 18.5. The second-order valence-electron chi connectivity index (χ2n) is 7.88. The van der Waals surface area contributed by atoms with Gasteiger partial charge in [-0.25, -0.2) is 0 Å². The highest BCUT2D eigenvalue weighted by atomic mass is 32.1. The smallest absolute Gasteiger partial charge is 0.227 e. The monoisotopic (exact) mass is 462 g/mol. The van der Waals surface area contributed by atoms with Crippen LogP contribution < -0.4 is 9.64 Å². The summed E-state index contributed by atoms with van der Waals surface area (Å²) in [5, 5.41) is 12.5. The summed E-state index contributed by atoms with van der Waals surface area (Å²) in [5.41, 5.74) is 4.05. The highest BCUT2D eigenvalue weighted by molar-refractivity contribution is 7.73. The molecule has 32 heavy (non-hydrogen) atoms. The molecule has 2 heterocycles. The highest BCUT2D eigenvalue weighted by Crippen LogP contribution is 2.41. The molecular weight excluding hydrogens is 440 g/mol. The molecule has 1 amide bonds. The first-order valence-electron chi connectivity index (χ1n) is 10.4. The van der Waals surface area contributed by atoms with Crippen molar-refractivity contribution in [2.45, 2.75) is 25.8 Å². The number of carbonyl (C=O) groups is 1. The van der Waals surface area contributed by atoms with E-state index in [2.05, 4.69) is 35.3 Å². The van der Waals surface area contributed by atoms with Gasteiger partial charge >= 0.3 is 0 Å². The predicted molar refractivity (Wildman–Crippen MR) is 130 cm³/mol. The first kappa shape index (κ1) is 20.7. The molecule has 1 aliphatic rings. The van der Waals surface area contributed by atoms with Crippen LogP contribution in [0.2, 0.25) is 0 Å². The molecule has 0 bridgehead atoms. The fourth-order valence-corrected chi connectivity index (χ4v) is 5.53. The Morgan fingerprint density at radius 1 is 1.12 bits per heavy atom. The summed E-state index contributed by atoms with van der Waals surface area (Å²) >= 11 is 6.54. The molecule has 0 spiro atoms. The number of nitrogens with zero attached hydrogens (tertiary/aromatic N) is 1. The second-order valence-corrected chi connectivity index (χ2v) is 9.65. The third-order valence-electron chi connectivity index (χ3n) is 5.93. The molecule has 0 saturated carbocycles. The van der Waals surface area contributed by atoms with Crippen LogP contribution in [0.4, 0.5) is 5.69 Å². The third kappa shape index (κ3) is 3.78. The van der Waals surface area contributed by atoms with Crippen LogP contribution in [-0.2, 0) is 24.2 Å². The van der Waals surface area contributed by atoms with Crippen LogP contribution >= 0.6 is 23.6 Å². The zero-order chi connectivity index (χ0) is 22.2. The molecule has 0 atom stereocenters. The molecule has 5 rings (SSSR count). The molecule has 5 nitrogen and oxygen atoms in total. The molecule has 0 saturated heterocycles. The molecule has 4 aromatic rings. The van der Waals surface area contributed by atoms with Crippen molar-refractivity contribution in [1.29, 1.82) is 0 Å². The Morgan fingerprint density at radius 3 is 2.69 bits per heavy atom. The summed E-state index contributed by atoms with van der Waals surface area (Å²) in [6.07, 6.45) is 1.63. The Bertz CT molecular complexity index is 1390. The van der Waals surface area contributed by atoms with E-state index >= 15 is 0 Å². The summed E-state index contributed by atoms with van der Waals surface area (Å²) in [6, 6.07) is 18.4. The van der Waals surface area contributed by atoms with E-state index in [1.165, 1.54) is 16.7 Å². The number of fused-ring (bicyclic) bond motifs is 2. The normalized spacial score (nSPS) is 13.4. The Kier molecular flexibility index (Phi) is 5.45. The molecule has 0 unspecified atom stereocenters. The number of hydrogen-bond acceptors (Lipinski definition) is 5. The first-order valence-corrected chi connectivity index (χ1v) is 11.6. The lowest BCUT2D eigenvalue weighted by Crippen LogP contribution is -2.35. The fourth-order valence-electron chi connectivity index (χ4n) is 4.39. The van der Waals surface area contributed by atoms with Gasteiger partial charge < -0.3 is 19.7 Å². The predicted octanol–water partition coefficient (Wildman–Crippen LogP) is 5.74. The zero-order valence-corrected chi connectivity index (χ0v) is 19.2. The Hall–Kier alpha value is -3.16. The van der Waals surface area contributed by atoms with Gasteiger partial charge in [0.15, 0.2) is 3.95 Å². The van der Waals surface area contributed by atoms with Crippen molar-refractivity contribution in [3.05, 3.63) is 80.1 Å². The van der Waals surface area contributed by atoms with Gasteiger partial charge in [0.2, 0.25) is 11.8 Å². The van der Waals surface area contributed by atoms with Gasteiger partial charge in [-0.2, -0.15) is 0 Å². The van der Waals surface area contributed by atoms with Crippen LogP contribution in [0.1, 0.15) is 28.0 Å². The lowest BCUT2D eigenvalue weighted by molar-refractivity contribution is -0.119. The molecule has 0 radical (unpaired) electrons. The topological polar surface area (TPSA) is 65.6 Å². The summed E-state index contributed by atoms with van der Waals surface area (Å²) in [5.74, 6) is 0.884. The van der Waals surface area contributed by atoms with Crippen LogP contribution in [-0.4, -0.2) is 23.1 Å². The number of thiazole rings is 1. The van der Waals surface area contributed by atoms with E-state index in [4.69, 9.17) is 17.0 Å². The number of amides is 1. The third-order valence-corrected chi connectivity index (χ3v) is 7.15. The van der Waals surface area contributed by atoms with E-state index in [1.54, 1.807) is 7.11 Å². The van der Waals surface area contributed by atoms with E-state index in [0.717, 1.165) is 32.6 Å². The van der Waals surface area contributed by atoms with Gasteiger partial charge in [0.1, 0.15) is 5.75 Å². The molecule has 3 aromatic carbocycles. The number of aromatic amines is 1. The fraction of sp³-hybridized carbons (Fsp3) is 0.200. The van der Waals surface area contributed by atoms with Gasteiger partial charge in [0, 0.05) is 12.8 Å². The van der Waals surface area contributed by atoms with Crippen molar-refractivity contribution in [3.8, 4) is 11.6 Å². The minimum absolute atomic E-state index is 0.0845. The van der Waals surface area contributed by atoms with Crippen LogP contribution in [0.3, 0.4) is 0 Å². The van der Waals surface area contributed by atoms with Crippen LogP contribution in [0, 0.1) is 3.95 Å². The first-order chi connectivity index (χ1) is 15.5.